The number of nitrogens with two attached hydrogens (primary N) is 1. The van der Waals surface area contributed by atoms with Crippen LogP contribution in [0.15, 0.2) is 48.5 Å². The van der Waals surface area contributed by atoms with Gasteiger partial charge in [0.1, 0.15) is 11.6 Å². The van der Waals surface area contributed by atoms with E-state index in [1.807, 2.05) is 30.3 Å². The van der Waals surface area contributed by atoms with Crippen molar-refractivity contribution < 1.29 is 18.4 Å². The van der Waals surface area contributed by atoms with E-state index in [4.69, 9.17) is 5.73 Å². The van der Waals surface area contributed by atoms with Crippen molar-refractivity contribution in [3.05, 3.63) is 71.3 Å². The molecule has 6 heteroatoms. The number of hydrogen-bond donors (Lipinski definition) is 1. The number of nitrogens with zero attached hydrogens (tertiary/aromatic N) is 1. The second kappa shape index (κ2) is 9.77. The minimum atomic E-state index is -0.912. The Morgan fingerprint density at radius 1 is 0.962 bits per heavy atom. The molecule has 0 unspecified atom stereocenters. The van der Waals surface area contributed by atoms with E-state index in [9.17, 15) is 18.4 Å². The molecule has 2 rings (SSSR count). The molecule has 4 nitrogen and oxygen atoms in total. The lowest BCUT2D eigenvalue weighted by Crippen LogP contribution is -2.37. The second-order valence-corrected chi connectivity index (χ2v) is 5.95. The van der Waals surface area contributed by atoms with Crippen LogP contribution >= 0.6 is 0 Å². The number of ketones is 1. The molecule has 2 N–H and O–H groups in total. The topological polar surface area (TPSA) is 63.4 Å². The largest absolute Gasteiger partial charge is 0.341 e. The lowest BCUT2D eigenvalue weighted by molar-refractivity contribution is -0.131. The standard InChI is InChI=1S/C20H22F2N2O2/c21-16-6-7-17(18(22)14-16)19(25)8-9-20(26)24(13-11-23)12-10-15-4-2-1-3-5-15/h1-7,14H,8-13,23H2. The van der Waals surface area contributed by atoms with E-state index in [1.165, 1.54) is 0 Å². The Kier molecular flexibility index (Phi) is 7.41. The van der Waals surface area contributed by atoms with Gasteiger partial charge in [0.2, 0.25) is 5.91 Å². The first-order chi connectivity index (χ1) is 12.5. The minimum Gasteiger partial charge on any atom is -0.341 e. The van der Waals surface area contributed by atoms with Crippen LogP contribution in [0, 0.1) is 11.6 Å². The molecular formula is C20H22F2N2O2. The van der Waals surface area contributed by atoms with Gasteiger partial charge in [0, 0.05) is 38.5 Å². The third-order valence-corrected chi connectivity index (χ3v) is 4.06. The summed E-state index contributed by atoms with van der Waals surface area (Å²) in [6.45, 7) is 1.21. The van der Waals surface area contributed by atoms with Gasteiger partial charge in [-0.05, 0) is 24.1 Å². The minimum absolute atomic E-state index is 0.0373. The van der Waals surface area contributed by atoms with Crippen LogP contribution < -0.4 is 5.73 Å². The third-order valence-electron chi connectivity index (χ3n) is 4.06. The van der Waals surface area contributed by atoms with E-state index < -0.39 is 17.4 Å². The fraction of sp³-hybridized carbons (Fsp3) is 0.300. The number of Topliss-reactive ketones (excluding diaryl/α,β-unsaturated/α-hetero) is 1. The highest BCUT2D eigenvalue weighted by atomic mass is 19.1. The predicted molar refractivity (Wildman–Crippen MR) is 95.7 cm³/mol. The molecule has 138 valence electrons. The summed E-state index contributed by atoms with van der Waals surface area (Å²) in [5.74, 6) is -2.38. The molecule has 2 aromatic carbocycles. The van der Waals surface area contributed by atoms with Gasteiger partial charge in [-0.25, -0.2) is 8.78 Å². The first-order valence-electron chi connectivity index (χ1n) is 8.51. The summed E-state index contributed by atoms with van der Waals surface area (Å²) in [4.78, 5) is 26.1. The van der Waals surface area contributed by atoms with Gasteiger partial charge in [-0.15, -0.1) is 0 Å². The van der Waals surface area contributed by atoms with Crippen LogP contribution in [0.5, 0.6) is 0 Å². The van der Waals surface area contributed by atoms with Gasteiger partial charge in [0.15, 0.2) is 5.78 Å². The zero-order valence-corrected chi connectivity index (χ0v) is 14.5. The monoisotopic (exact) mass is 360 g/mol. The van der Waals surface area contributed by atoms with Crippen molar-refractivity contribution in [3.8, 4) is 0 Å². The molecule has 0 saturated carbocycles. The van der Waals surface area contributed by atoms with Gasteiger partial charge in [-0.2, -0.15) is 0 Å². The molecule has 2 aromatic rings. The fourth-order valence-corrected chi connectivity index (χ4v) is 2.65. The quantitative estimate of drug-likeness (QED) is 0.700. The van der Waals surface area contributed by atoms with Crippen LogP contribution in [0.2, 0.25) is 0 Å². The summed E-state index contributed by atoms with van der Waals surface area (Å²) in [6.07, 6.45) is 0.519. The number of carbonyl (C=O) groups excluding carboxylic acids is 2. The molecule has 0 atom stereocenters. The molecule has 0 heterocycles. The van der Waals surface area contributed by atoms with E-state index in [0.717, 1.165) is 17.7 Å². The molecule has 0 aliphatic carbocycles. The molecule has 0 fully saturated rings. The van der Waals surface area contributed by atoms with Gasteiger partial charge >= 0.3 is 0 Å². The van der Waals surface area contributed by atoms with Crippen molar-refractivity contribution in [1.82, 2.24) is 4.90 Å². The maximum Gasteiger partial charge on any atom is 0.223 e. The fourth-order valence-electron chi connectivity index (χ4n) is 2.65. The number of hydrogen-bond acceptors (Lipinski definition) is 3. The molecule has 0 radical (unpaired) electrons. The maximum atomic E-state index is 13.6. The lowest BCUT2D eigenvalue weighted by Gasteiger charge is -2.22. The van der Waals surface area contributed by atoms with Gasteiger partial charge in [0.25, 0.3) is 0 Å². The van der Waals surface area contributed by atoms with E-state index in [0.29, 0.717) is 32.1 Å². The summed E-state index contributed by atoms with van der Waals surface area (Å²) >= 11 is 0. The van der Waals surface area contributed by atoms with Gasteiger partial charge < -0.3 is 10.6 Å². The van der Waals surface area contributed by atoms with Gasteiger partial charge in [-0.3, -0.25) is 9.59 Å². The Labute approximate surface area is 151 Å². The summed E-state index contributed by atoms with van der Waals surface area (Å²) < 4.78 is 26.6. The Morgan fingerprint density at radius 3 is 2.35 bits per heavy atom. The van der Waals surface area contributed by atoms with Crippen LogP contribution in [0.25, 0.3) is 0 Å². The van der Waals surface area contributed by atoms with Crippen molar-refractivity contribution in [2.75, 3.05) is 19.6 Å². The number of halogens is 2. The van der Waals surface area contributed by atoms with E-state index in [2.05, 4.69) is 0 Å². The van der Waals surface area contributed by atoms with Crippen LogP contribution in [0.1, 0.15) is 28.8 Å². The van der Waals surface area contributed by atoms with Crippen LogP contribution in [0.4, 0.5) is 8.78 Å². The van der Waals surface area contributed by atoms with Crippen molar-refractivity contribution in [2.45, 2.75) is 19.3 Å². The smallest absolute Gasteiger partial charge is 0.223 e. The first kappa shape index (κ1) is 19.7. The number of rotatable bonds is 9. The molecule has 26 heavy (non-hydrogen) atoms. The first-order valence-corrected chi connectivity index (χ1v) is 8.51. The normalized spacial score (nSPS) is 10.6. The zero-order chi connectivity index (χ0) is 18.9. The Balaban J connectivity index is 1.91. The van der Waals surface area contributed by atoms with Crippen molar-refractivity contribution in [2.24, 2.45) is 5.73 Å². The highest BCUT2D eigenvalue weighted by molar-refractivity contribution is 5.98. The van der Waals surface area contributed by atoms with E-state index >= 15 is 0 Å². The number of amides is 1. The highest BCUT2D eigenvalue weighted by Gasteiger charge is 2.17. The number of benzene rings is 2. The summed E-state index contributed by atoms with van der Waals surface area (Å²) in [5, 5.41) is 0. The second-order valence-electron chi connectivity index (χ2n) is 5.95. The van der Waals surface area contributed by atoms with Crippen molar-refractivity contribution >= 4 is 11.7 Å². The highest BCUT2D eigenvalue weighted by Crippen LogP contribution is 2.13. The molecule has 0 saturated heterocycles. The van der Waals surface area contributed by atoms with E-state index in [1.54, 1.807) is 4.90 Å². The SMILES string of the molecule is NCCN(CCc1ccccc1)C(=O)CCC(=O)c1ccc(F)cc1F. The summed E-state index contributed by atoms with van der Waals surface area (Å²) in [7, 11) is 0. The molecule has 0 aliphatic rings. The van der Waals surface area contributed by atoms with Gasteiger partial charge in [0.05, 0.1) is 5.56 Å². The zero-order valence-electron chi connectivity index (χ0n) is 14.5. The lowest BCUT2D eigenvalue weighted by atomic mass is 10.1. The number of carbonyl (C=O) groups is 2. The molecule has 0 spiro atoms. The van der Waals surface area contributed by atoms with Crippen molar-refractivity contribution in [1.29, 1.82) is 0 Å². The van der Waals surface area contributed by atoms with Gasteiger partial charge in [-0.1, -0.05) is 30.3 Å². The Morgan fingerprint density at radius 2 is 1.69 bits per heavy atom. The Hall–Kier alpha value is -2.60. The molecule has 0 aliphatic heterocycles. The van der Waals surface area contributed by atoms with Crippen LogP contribution in [-0.2, 0) is 11.2 Å². The predicted octanol–water partition coefficient (Wildman–Crippen LogP) is 2.96. The molecule has 0 aromatic heterocycles. The maximum absolute atomic E-state index is 13.6. The summed E-state index contributed by atoms with van der Waals surface area (Å²) in [5.41, 5.74) is 6.47. The summed E-state index contributed by atoms with van der Waals surface area (Å²) in [6, 6.07) is 12.5. The molecule has 0 bridgehead atoms. The van der Waals surface area contributed by atoms with Crippen molar-refractivity contribution in [3.63, 3.8) is 0 Å². The average Bonchev–Trinajstić information content (AvgIpc) is 2.63. The average molecular weight is 360 g/mol. The Bertz CT molecular complexity index is 751. The van der Waals surface area contributed by atoms with E-state index in [-0.39, 0.29) is 24.3 Å². The molecular weight excluding hydrogens is 338 g/mol. The molecule has 1 amide bonds. The van der Waals surface area contributed by atoms with Crippen LogP contribution in [0.3, 0.4) is 0 Å². The van der Waals surface area contributed by atoms with Crippen LogP contribution in [-0.4, -0.2) is 36.2 Å². The third kappa shape index (κ3) is 5.74.